The Kier molecular flexibility index (Phi) is 7.56. The first-order valence-corrected chi connectivity index (χ1v) is 11.5. The lowest BCUT2D eigenvalue weighted by Crippen LogP contribution is -2.34. The minimum atomic E-state index is -0.556. The van der Waals surface area contributed by atoms with Crippen molar-refractivity contribution < 1.29 is 23.9 Å². The summed E-state index contributed by atoms with van der Waals surface area (Å²) < 4.78 is 10.5. The van der Waals surface area contributed by atoms with Gasteiger partial charge in [-0.05, 0) is 42.3 Å². The third-order valence-corrected chi connectivity index (χ3v) is 5.98. The van der Waals surface area contributed by atoms with Gasteiger partial charge in [-0.3, -0.25) is 19.3 Å². The molecule has 0 spiro atoms. The number of benzene rings is 3. The Balaban J connectivity index is 1.47. The Morgan fingerprint density at radius 2 is 1.69 bits per heavy atom. The van der Waals surface area contributed by atoms with Crippen LogP contribution in [0.4, 0.5) is 11.4 Å². The van der Waals surface area contributed by atoms with Crippen molar-refractivity contribution in [3.8, 4) is 11.5 Å². The first kappa shape index (κ1) is 24.8. The molecule has 1 aliphatic rings. The molecule has 1 aliphatic heterocycles. The van der Waals surface area contributed by atoms with Crippen molar-refractivity contribution in [3.63, 3.8) is 0 Å². The van der Waals surface area contributed by atoms with Gasteiger partial charge in [-0.1, -0.05) is 48.0 Å². The van der Waals surface area contributed by atoms with E-state index in [1.807, 2.05) is 30.3 Å². The quantitative estimate of drug-likeness (QED) is 0.418. The third kappa shape index (κ3) is 5.34. The molecule has 0 saturated carbocycles. The highest BCUT2D eigenvalue weighted by atomic mass is 35.5. The fourth-order valence-corrected chi connectivity index (χ4v) is 3.96. The standard InChI is InChI=1S/C27H24ClN3O5/c1-35-20-11-12-22(36-2)21(16-20)30-25(32)18-9-6-10-19(15-18)29-24-23(28)26(33)31(27(24)34)14-13-17-7-4-3-5-8-17/h3-12,15-16,29H,13-14H2,1-2H3,(H,30,32). The van der Waals surface area contributed by atoms with E-state index in [9.17, 15) is 14.4 Å². The van der Waals surface area contributed by atoms with Gasteiger partial charge in [-0.15, -0.1) is 0 Å². The second-order valence-corrected chi connectivity index (χ2v) is 8.29. The van der Waals surface area contributed by atoms with E-state index in [4.69, 9.17) is 21.1 Å². The summed E-state index contributed by atoms with van der Waals surface area (Å²) in [6.45, 7) is 0.202. The van der Waals surface area contributed by atoms with Gasteiger partial charge in [0.05, 0.1) is 19.9 Å². The first-order chi connectivity index (χ1) is 17.4. The summed E-state index contributed by atoms with van der Waals surface area (Å²) in [7, 11) is 3.03. The molecule has 4 rings (SSSR count). The topological polar surface area (TPSA) is 97.0 Å². The van der Waals surface area contributed by atoms with Crippen molar-refractivity contribution in [2.45, 2.75) is 6.42 Å². The lowest BCUT2D eigenvalue weighted by Gasteiger charge is -2.15. The molecule has 0 atom stereocenters. The molecule has 0 bridgehead atoms. The van der Waals surface area contributed by atoms with Crippen LogP contribution in [0.2, 0.25) is 0 Å². The molecule has 0 aromatic heterocycles. The molecule has 3 aromatic carbocycles. The van der Waals surface area contributed by atoms with Crippen LogP contribution in [-0.4, -0.2) is 43.4 Å². The zero-order chi connectivity index (χ0) is 25.7. The van der Waals surface area contributed by atoms with Crippen LogP contribution in [0.25, 0.3) is 0 Å². The number of methoxy groups -OCH3 is 2. The number of hydrogen-bond acceptors (Lipinski definition) is 6. The average molecular weight is 506 g/mol. The van der Waals surface area contributed by atoms with Crippen molar-refractivity contribution in [2.75, 3.05) is 31.4 Å². The van der Waals surface area contributed by atoms with Gasteiger partial charge in [0, 0.05) is 23.9 Å². The van der Waals surface area contributed by atoms with Gasteiger partial charge >= 0.3 is 0 Å². The van der Waals surface area contributed by atoms with Crippen LogP contribution < -0.4 is 20.1 Å². The molecule has 0 unspecified atom stereocenters. The molecule has 0 radical (unpaired) electrons. The van der Waals surface area contributed by atoms with E-state index in [-0.39, 0.29) is 17.3 Å². The van der Waals surface area contributed by atoms with Gasteiger partial charge in [0.15, 0.2) is 0 Å². The molecule has 184 valence electrons. The summed E-state index contributed by atoms with van der Waals surface area (Å²) >= 11 is 6.22. The summed E-state index contributed by atoms with van der Waals surface area (Å²) in [5.74, 6) is -0.440. The number of carbonyl (C=O) groups excluding carboxylic acids is 3. The number of anilines is 2. The first-order valence-electron chi connectivity index (χ1n) is 11.1. The number of ether oxygens (including phenoxy) is 2. The number of hydrogen-bond donors (Lipinski definition) is 2. The van der Waals surface area contributed by atoms with Crippen molar-refractivity contribution in [1.29, 1.82) is 0 Å². The zero-order valence-corrected chi connectivity index (χ0v) is 20.5. The van der Waals surface area contributed by atoms with Crippen LogP contribution in [0, 0.1) is 0 Å². The highest BCUT2D eigenvalue weighted by molar-refractivity contribution is 6.48. The van der Waals surface area contributed by atoms with Gasteiger partial charge < -0.3 is 20.1 Å². The molecule has 1 heterocycles. The molecular formula is C27H24ClN3O5. The Hall–Kier alpha value is -4.30. The van der Waals surface area contributed by atoms with Crippen molar-refractivity contribution >= 4 is 40.7 Å². The smallest absolute Gasteiger partial charge is 0.278 e. The summed E-state index contributed by atoms with van der Waals surface area (Å²) in [5.41, 5.74) is 2.17. The van der Waals surface area contributed by atoms with E-state index in [1.54, 1.807) is 42.5 Å². The normalized spacial score (nSPS) is 13.1. The second kappa shape index (κ2) is 11.0. The summed E-state index contributed by atoms with van der Waals surface area (Å²) in [6.07, 6.45) is 0.513. The largest absolute Gasteiger partial charge is 0.497 e. The van der Waals surface area contributed by atoms with E-state index in [0.717, 1.165) is 10.5 Å². The monoisotopic (exact) mass is 505 g/mol. The van der Waals surface area contributed by atoms with Gasteiger partial charge in [-0.25, -0.2) is 0 Å². The van der Waals surface area contributed by atoms with Crippen molar-refractivity contribution in [2.24, 2.45) is 0 Å². The van der Waals surface area contributed by atoms with Gasteiger partial charge in [0.25, 0.3) is 17.7 Å². The molecule has 36 heavy (non-hydrogen) atoms. The number of amides is 3. The van der Waals surface area contributed by atoms with E-state index in [0.29, 0.717) is 34.9 Å². The number of halogens is 1. The van der Waals surface area contributed by atoms with E-state index in [2.05, 4.69) is 10.6 Å². The van der Waals surface area contributed by atoms with Crippen LogP contribution in [-0.2, 0) is 16.0 Å². The van der Waals surface area contributed by atoms with Crippen molar-refractivity contribution in [1.82, 2.24) is 4.90 Å². The summed E-state index contributed by atoms with van der Waals surface area (Å²) in [4.78, 5) is 39.6. The highest BCUT2D eigenvalue weighted by Crippen LogP contribution is 2.30. The van der Waals surface area contributed by atoms with E-state index < -0.39 is 17.7 Å². The van der Waals surface area contributed by atoms with Gasteiger partial charge in [-0.2, -0.15) is 0 Å². The molecular weight excluding hydrogens is 482 g/mol. The summed E-state index contributed by atoms with van der Waals surface area (Å²) in [6, 6.07) is 21.1. The highest BCUT2D eigenvalue weighted by Gasteiger charge is 2.37. The maximum Gasteiger partial charge on any atom is 0.278 e. The number of nitrogens with zero attached hydrogens (tertiary/aromatic N) is 1. The lowest BCUT2D eigenvalue weighted by molar-refractivity contribution is -0.137. The predicted molar refractivity (Wildman–Crippen MR) is 137 cm³/mol. The van der Waals surface area contributed by atoms with Gasteiger partial charge in [0.1, 0.15) is 22.2 Å². The maximum atomic E-state index is 12.9. The number of nitrogens with one attached hydrogen (secondary N) is 2. The molecule has 9 heteroatoms. The van der Waals surface area contributed by atoms with Crippen LogP contribution >= 0.6 is 11.6 Å². The van der Waals surface area contributed by atoms with Crippen LogP contribution in [0.5, 0.6) is 11.5 Å². The molecule has 8 nitrogen and oxygen atoms in total. The van der Waals surface area contributed by atoms with Gasteiger partial charge in [0.2, 0.25) is 0 Å². The molecule has 3 aromatic rings. The van der Waals surface area contributed by atoms with E-state index >= 15 is 0 Å². The van der Waals surface area contributed by atoms with Crippen LogP contribution in [0.3, 0.4) is 0 Å². The van der Waals surface area contributed by atoms with Crippen LogP contribution in [0.1, 0.15) is 15.9 Å². The molecule has 0 fully saturated rings. The Bertz CT molecular complexity index is 1340. The minimum absolute atomic E-state index is 0.0262. The Morgan fingerprint density at radius 3 is 2.42 bits per heavy atom. The van der Waals surface area contributed by atoms with E-state index in [1.165, 1.54) is 14.2 Å². The average Bonchev–Trinajstić information content (AvgIpc) is 3.10. The zero-order valence-electron chi connectivity index (χ0n) is 19.7. The molecule has 2 N–H and O–H groups in total. The maximum absolute atomic E-state index is 12.9. The third-order valence-electron chi connectivity index (χ3n) is 5.63. The SMILES string of the molecule is COc1ccc(OC)c(NC(=O)c2cccc(NC3=C(Cl)C(=O)N(CCc4ccccc4)C3=O)c2)c1. The molecule has 3 amide bonds. The Labute approximate surface area is 213 Å². The molecule has 0 aliphatic carbocycles. The fourth-order valence-electron chi connectivity index (χ4n) is 3.73. The number of rotatable bonds is 9. The summed E-state index contributed by atoms with van der Waals surface area (Å²) in [5, 5.41) is 5.52. The minimum Gasteiger partial charge on any atom is -0.497 e. The lowest BCUT2D eigenvalue weighted by atomic mass is 10.1. The van der Waals surface area contributed by atoms with Crippen molar-refractivity contribution in [3.05, 3.63) is 94.7 Å². The number of imide groups is 1. The predicted octanol–water partition coefficient (Wildman–Crippen LogP) is 4.43. The number of carbonyl (C=O) groups is 3. The fraction of sp³-hybridized carbons (Fsp3) is 0.148. The molecule has 0 saturated heterocycles. The van der Waals surface area contributed by atoms with Crippen LogP contribution in [0.15, 0.2) is 83.5 Å². The second-order valence-electron chi connectivity index (χ2n) is 7.91. The Morgan fingerprint density at radius 1 is 0.917 bits per heavy atom.